The summed E-state index contributed by atoms with van der Waals surface area (Å²) in [6.45, 7) is 6.90. The summed E-state index contributed by atoms with van der Waals surface area (Å²) in [5, 5.41) is 0. The summed E-state index contributed by atoms with van der Waals surface area (Å²) in [4.78, 5) is 4.54. The molecule has 1 aliphatic rings. The van der Waals surface area contributed by atoms with E-state index in [2.05, 4.69) is 37.9 Å². The van der Waals surface area contributed by atoms with Gasteiger partial charge in [0.15, 0.2) is 0 Å². The topological polar surface area (TPSA) is 12.9 Å². The first-order valence-electron chi connectivity index (χ1n) is 6.00. The first-order chi connectivity index (χ1) is 7.06. The molecule has 0 spiro atoms. The molecule has 0 amide bonds. The number of rotatable bonds is 3. The zero-order valence-electron chi connectivity index (χ0n) is 10.1. The van der Waals surface area contributed by atoms with E-state index < -0.39 is 0 Å². The van der Waals surface area contributed by atoms with Gasteiger partial charge < -0.3 is 0 Å². The third-order valence-corrected chi connectivity index (χ3v) is 3.05. The smallest absolute Gasteiger partial charge is 0.0438 e. The Hall–Kier alpha value is -0.850. The van der Waals surface area contributed by atoms with Gasteiger partial charge in [-0.15, -0.1) is 0 Å². The van der Waals surface area contributed by atoms with E-state index in [4.69, 9.17) is 0 Å². The van der Waals surface area contributed by atoms with Crippen molar-refractivity contribution in [2.75, 3.05) is 0 Å². The van der Waals surface area contributed by atoms with Crippen LogP contribution in [0.1, 0.15) is 57.2 Å². The van der Waals surface area contributed by atoms with Crippen molar-refractivity contribution < 1.29 is 0 Å². The zero-order valence-corrected chi connectivity index (χ0v) is 10.1. The molecule has 1 nitrogen and oxygen atoms in total. The molecule has 0 N–H and O–H groups in total. The van der Waals surface area contributed by atoms with Crippen LogP contribution in [0.15, 0.2) is 18.3 Å². The second kappa shape index (κ2) is 3.96. The van der Waals surface area contributed by atoms with Gasteiger partial charge in [-0.05, 0) is 48.6 Å². The average Bonchev–Trinajstić information content (AvgIpc) is 2.97. The predicted molar refractivity (Wildman–Crippen MR) is 64.0 cm³/mol. The highest BCUT2D eigenvalue weighted by Gasteiger charge is 2.26. The Labute approximate surface area is 92.9 Å². The third kappa shape index (κ3) is 3.05. The molecule has 0 aromatic carbocycles. The summed E-state index contributed by atoms with van der Waals surface area (Å²) < 4.78 is 0. The molecule has 0 radical (unpaired) electrons. The Balaban J connectivity index is 2.06. The Morgan fingerprint density at radius 1 is 1.33 bits per heavy atom. The lowest BCUT2D eigenvalue weighted by molar-refractivity contribution is 0.376. The van der Waals surface area contributed by atoms with E-state index in [0.29, 0.717) is 5.41 Å². The van der Waals surface area contributed by atoms with Gasteiger partial charge in [-0.2, -0.15) is 0 Å². The van der Waals surface area contributed by atoms with Gasteiger partial charge in [0, 0.05) is 11.9 Å². The van der Waals surface area contributed by atoms with Gasteiger partial charge in [0.1, 0.15) is 0 Å². The summed E-state index contributed by atoms with van der Waals surface area (Å²) in [7, 11) is 0. The lowest BCUT2D eigenvalue weighted by atomic mass is 9.88. The maximum Gasteiger partial charge on any atom is 0.0438 e. The largest absolute Gasteiger partial charge is 0.261 e. The summed E-state index contributed by atoms with van der Waals surface area (Å²) in [5.41, 5.74) is 3.27. The second-order valence-corrected chi connectivity index (χ2v) is 5.87. The van der Waals surface area contributed by atoms with Gasteiger partial charge in [-0.1, -0.05) is 26.8 Å². The molecule has 1 heteroatoms. The summed E-state index contributed by atoms with van der Waals surface area (Å²) in [6, 6.07) is 4.34. The SMILES string of the molecule is CC(C)(C)CCc1ncccc1C1CC1. The van der Waals surface area contributed by atoms with Crippen LogP contribution in [0.4, 0.5) is 0 Å². The van der Waals surface area contributed by atoms with Gasteiger partial charge in [0.2, 0.25) is 0 Å². The molecule has 15 heavy (non-hydrogen) atoms. The fourth-order valence-corrected chi connectivity index (χ4v) is 1.92. The van der Waals surface area contributed by atoms with Crippen LogP contribution < -0.4 is 0 Å². The number of aryl methyl sites for hydroxylation is 1. The van der Waals surface area contributed by atoms with Gasteiger partial charge >= 0.3 is 0 Å². The maximum atomic E-state index is 4.54. The normalized spacial score (nSPS) is 16.7. The first kappa shape index (κ1) is 10.7. The van der Waals surface area contributed by atoms with Crippen LogP contribution in [0.3, 0.4) is 0 Å². The van der Waals surface area contributed by atoms with Crippen molar-refractivity contribution in [3.05, 3.63) is 29.6 Å². The molecule has 1 saturated carbocycles. The van der Waals surface area contributed by atoms with Gasteiger partial charge in [0.25, 0.3) is 0 Å². The molecular formula is C14H21N. The first-order valence-corrected chi connectivity index (χ1v) is 6.00. The number of hydrogen-bond acceptors (Lipinski definition) is 1. The Morgan fingerprint density at radius 3 is 2.67 bits per heavy atom. The van der Waals surface area contributed by atoms with Crippen molar-refractivity contribution in [1.82, 2.24) is 4.98 Å². The minimum absolute atomic E-state index is 0.415. The molecular weight excluding hydrogens is 182 g/mol. The van der Waals surface area contributed by atoms with Crippen LogP contribution >= 0.6 is 0 Å². The molecule has 2 rings (SSSR count). The van der Waals surface area contributed by atoms with E-state index in [1.165, 1.54) is 30.5 Å². The van der Waals surface area contributed by atoms with Crippen molar-refractivity contribution in [3.63, 3.8) is 0 Å². The minimum Gasteiger partial charge on any atom is -0.261 e. The highest BCUT2D eigenvalue weighted by Crippen LogP contribution is 2.41. The van der Waals surface area contributed by atoms with Crippen molar-refractivity contribution in [1.29, 1.82) is 0 Å². The van der Waals surface area contributed by atoms with Crippen LogP contribution in [0, 0.1) is 5.41 Å². The number of hydrogen-bond donors (Lipinski definition) is 0. The number of nitrogens with zero attached hydrogens (tertiary/aromatic N) is 1. The Morgan fingerprint density at radius 2 is 2.07 bits per heavy atom. The lowest BCUT2D eigenvalue weighted by Gasteiger charge is -2.18. The minimum atomic E-state index is 0.415. The molecule has 1 aliphatic carbocycles. The van der Waals surface area contributed by atoms with E-state index >= 15 is 0 Å². The van der Waals surface area contributed by atoms with Crippen molar-refractivity contribution >= 4 is 0 Å². The van der Waals surface area contributed by atoms with E-state index in [1.54, 1.807) is 0 Å². The maximum absolute atomic E-state index is 4.54. The molecule has 0 bridgehead atoms. The molecule has 1 fully saturated rings. The van der Waals surface area contributed by atoms with E-state index in [9.17, 15) is 0 Å². The highest BCUT2D eigenvalue weighted by atomic mass is 14.7. The van der Waals surface area contributed by atoms with E-state index in [1.807, 2.05) is 6.20 Å². The van der Waals surface area contributed by atoms with Crippen LogP contribution in [-0.2, 0) is 6.42 Å². The fraction of sp³-hybridized carbons (Fsp3) is 0.643. The quantitative estimate of drug-likeness (QED) is 0.725. The molecule has 0 atom stereocenters. The average molecular weight is 203 g/mol. The number of pyridine rings is 1. The highest BCUT2D eigenvalue weighted by molar-refractivity contribution is 5.28. The molecule has 82 valence electrons. The standard InChI is InChI=1S/C14H21N/c1-14(2,3)9-8-13-12(11-6-7-11)5-4-10-15-13/h4-5,10-11H,6-9H2,1-3H3. The third-order valence-electron chi connectivity index (χ3n) is 3.05. The van der Waals surface area contributed by atoms with Crippen LogP contribution in [0.5, 0.6) is 0 Å². The van der Waals surface area contributed by atoms with Gasteiger partial charge in [-0.25, -0.2) is 0 Å². The predicted octanol–water partition coefficient (Wildman–Crippen LogP) is 3.94. The fourth-order valence-electron chi connectivity index (χ4n) is 1.92. The van der Waals surface area contributed by atoms with Crippen LogP contribution in [0.2, 0.25) is 0 Å². The molecule has 0 aliphatic heterocycles. The summed E-state index contributed by atoms with van der Waals surface area (Å²) in [6.07, 6.45) is 7.03. The monoisotopic (exact) mass is 203 g/mol. The summed E-state index contributed by atoms with van der Waals surface area (Å²) in [5.74, 6) is 0.827. The lowest BCUT2D eigenvalue weighted by Crippen LogP contribution is -2.08. The number of aromatic nitrogens is 1. The van der Waals surface area contributed by atoms with Crippen molar-refractivity contribution in [2.45, 2.75) is 52.4 Å². The van der Waals surface area contributed by atoms with Crippen molar-refractivity contribution in [2.24, 2.45) is 5.41 Å². The van der Waals surface area contributed by atoms with Gasteiger partial charge in [0.05, 0.1) is 0 Å². The van der Waals surface area contributed by atoms with Gasteiger partial charge in [-0.3, -0.25) is 4.98 Å². The van der Waals surface area contributed by atoms with Crippen molar-refractivity contribution in [3.8, 4) is 0 Å². The Bertz CT molecular complexity index is 331. The molecule has 0 saturated heterocycles. The second-order valence-electron chi connectivity index (χ2n) is 5.87. The Kier molecular flexibility index (Phi) is 2.81. The van der Waals surface area contributed by atoms with Crippen LogP contribution in [-0.4, -0.2) is 4.98 Å². The van der Waals surface area contributed by atoms with Crippen LogP contribution in [0.25, 0.3) is 0 Å². The van der Waals surface area contributed by atoms with E-state index in [-0.39, 0.29) is 0 Å². The van der Waals surface area contributed by atoms with E-state index in [0.717, 1.165) is 12.3 Å². The molecule has 1 heterocycles. The zero-order chi connectivity index (χ0) is 10.9. The molecule has 0 unspecified atom stereocenters. The summed E-state index contributed by atoms with van der Waals surface area (Å²) >= 11 is 0. The molecule has 1 aromatic heterocycles. The molecule has 1 aromatic rings.